The monoisotopic (exact) mass is 155 g/mol. The number of fused-ring (bicyclic) bond motifs is 3. The normalized spacial score (nSPS) is 49.6. The molecule has 0 aliphatic carbocycles. The molecule has 2 atom stereocenters. The summed E-state index contributed by atoms with van der Waals surface area (Å²) in [6, 6.07) is 0.475. The summed E-state index contributed by atoms with van der Waals surface area (Å²) in [6.45, 7) is 5.09. The Hall–Kier alpha value is -0.0800. The molecule has 11 heavy (non-hydrogen) atoms. The topological polar surface area (TPSA) is 23.5 Å². The fourth-order valence-corrected chi connectivity index (χ4v) is 2.71. The summed E-state index contributed by atoms with van der Waals surface area (Å²) in [6.07, 6.45) is 2.72. The van der Waals surface area contributed by atoms with Crippen LogP contribution < -0.4 is 0 Å². The van der Waals surface area contributed by atoms with Crippen LogP contribution in [0.4, 0.5) is 0 Å². The van der Waals surface area contributed by atoms with Gasteiger partial charge in [0.25, 0.3) is 0 Å². The predicted molar refractivity (Wildman–Crippen MR) is 44.3 cm³/mol. The summed E-state index contributed by atoms with van der Waals surface area (Å²) >= 11 is 0. The summed E-state index contributed by atoms with van der Waals surface area (Å²) in [4.78, 5) is 2.45. The van der Waals surface area contributed by atoms with Gasteiger partial charge in [-0.05, 0) is 37.8 Å². The van der Waals surface area contributed by atoms with E-state index in [2.05, 4.69) is 11.8 Å². The Bertz CT molecular complexity index is 138. The minimum Gasteiger partial charge on any atom is -0.395 e. The molecule has 2 heteroatoms. The van der Waals surface area contributed by atoms with Crippen molar-refractivity contribution in [3.63, 3.8) is 0 Å². The van der Waals surface area contributed by atoms with Gasteiger partial charge in [-0.15, -0.1) is 0 Å². The summed E-state index contributed by atoms with van der Waals surface area (Å²) < 4.78 is 0. The highest BCUT2D eigenvalue weighted by Crippen LogP contribution is 2.36. The second kappa shape index (κ2) is 2.76. The number of hydrogen-bond donors (Lipinski definition) is 1. The zero-order valence-electron chi connectivity index (χ0n) is 7.16. The molecule has 0 spiro atoms. The van der Waals surface area contributed by atoms with Gasteiger partial charge < -0.3 is 5.11 Å². The summed E-state index contributed by atoms with van der Waals surface area (Å²) in [5.41, 5.74) is 0. The van der Waals surface area contributed by atoms with Crippen molar-refractivity contribution in [3.8, 4) is 0 Å². The Morgan fingerprint density at radius 2 is 2.00 bits per heavy atom. The fourth-order valence-electron chi connectivity index (χ4n) is 2.71. The molecule has 2 nitrogen and oxygen atoms in total. The quantitative estimate of drug-likeness (QED) is 0.603. The molecule has 3 heterocycles. The van der Waals surface area contributed by atoms with Crippen LogP contribution in [-0.4, -0.2) is 35.7 Å². The molecule has 0 aromatic rings. The van der Waals surface area contributed by atoms with Crippen molar-refractivity contribution in [2.45, 2.75) is 25.8 Å². The molecule has 2 bridgehead atoms. The lowest BCUT2D eigenvalue weighted by atomic mass is 9.75. The first-order chi connectivity index (χ1) is 5.33. The molecule has 0 amide bonds. The van der Waals surface area contributed by atoms with Crippen LogP contribution >= 0.6 is 0 Å². The molecule has 2 unspecified atom stereocenters. The first-order valence-corrected chi connectivity index (χ1v) is 4.68. The molecule has 3 aliphatic rings. The van der Waals surface area contributed by atoms with E-state index in [1.54, 1.807) is 0 Å². The average molecular weight is 155 g/mol. The van der Waals surface area contributed by atoms with Gasteiger partial charge in [-0.3, -0.25) is 4.90 Å². The lowest BCUT2D eigenvalue weighted by Crippen LogP contribution is -2.55. The first kappa shape index (κ1) is 7.56. The molecule has 3 fully saturated rings. The number of aliphatic hydroxyl groups excluding tert-OH is 1. The maximum atomic E-state index is 9.14. The van der Waals surface area contributed by atoms with E-state index in [0.29, 0.717) is 12.6 Å². The largest absolute Gasteiger partial charge is 0.395 e. The molecule has 1 N–H and O–H groups in total. The zero-order chi connectivity index (χ0) is 7.84. The lowest BCUT2D eigenvalue weighted by molar-refractivity contribution is -0.0272. The number of piperidine rings is 3. The standard InChI is InChI=1S/C9H17NO/c1-7-8-2-4-10(5-3-8)9(7)6-11/h7-9,11H,2-6H2,1H3. The Morgan fingerprint density at radius 1 is 1.36 bits per heavy atom. The molecule has 3 saturated heterocycles. The molecule has 64 valence electrons. The minimum absolute atomic E-state index is 0.359. The van der Waals surface area contributed by atoms with E-state index >= 15 is 0 Å². The van der Waals surface area contributed by atoms with E-state index in [4.69, 9.17) is 5.11 Å². The zero-order valence-corrected chi connectivity index (χ0v) is 7.16. The maximum Gasteiger partial charge on any atom is 0.0589 e. The van der Waals surface area contributed by atoms with Crippen molar-refractivity contribution < 1.29 is 5.11 Å². The highest BCUT2D eigenvalue weighted by atomic mass is 16.3. The molecule has 3 aliphatic heterocycles. The predicted octanol–water partition coefficient (Wildman–Crippen LogP) is 0.709. The molecule has 0 aromatic heterocycles. The van der Waals surface area contributed by atoms with Crippen LogP contribution in [0, 0.1) is 11.8 Å². The second-order valence-corrected chi connectivity index (χ2v) is 3.98. The molecular weight excluding hydrogens is 138 g/mol. The highest BCUT2D eigenvalue weighted by molar-refractivity contribution is 4.91. The van der Waals surface area contributed by atoms with E-state index in [9.17, 15) is 0 Å². The second-order valence-electron chi connectivity index (χ2n) is 3.98. The smallest absolute Gasteiger partial charge is 0.0589 e. The van der Waals surface area contributed by atoms with Crippen LogP contribution in [0.25, 0.3) is 0 Å². The van der Waals surface area contributed by atoms with Crippen LogP contribution in [0.15, 0.2) is 0 Å². The van der Waals surface area contributed by atoms with Gasteiger partial charge in [-0.25, -0.2) is 0 Å². The van der Waals surface area contributed by atoms with Gasteiger partial charge in [0.15, 0.2) is 0 Å². The number of aliphatic hydroxyl groups is 1. The van der Waals surface area contributed by atoms with Crippen molar-refractivity contribution in [2.24, 2.45) is 11.8 Å². The van der Waals surface area contributed by atoms with E-state index in [1.165, 1.54) is 25.9 Å². The third kappa shape index (κ3) is 1.09. The Labute approximate surface area is 68.2 Å². The van der Waals surface area contributed by atoms with Gasteiger partial charge in [-0.2, -0.15) is 0 Å². The van der Waals surface area contributed by atoms with Gasteiger partial charge in [0.2, 0.25) is 0 Å². The Balaban J connectivity index is 2.10. The van der Waals surface area contributed by atoms with Crippen LogP contribution in [0.5, 0.6) is 0 Å². The van der Waals surface area contributed by atoms with Crippen molar-refractivity contribution in [1.82, 2.24) is 4.90 Å². The van der Waals surface area contributed by atoms with E-state index < -0.39 is 0 Å². The van der Waals surface area contributed by atoms with Crippen LogP contribution in [0.3, 0.4) is 0 Å². The highest BCUT2D eigenvalue weighted by Gasteiger charge is 2.38. The van der Waals surface area contributed by atoms with E-state index in [-0.39, 0.29) is 0 Å². The third-order valence-corrected chi connectivity index (χ3v) is 3.58. The molecule has 3 rings (SSSR count). The maximum absolute atomic E-state index is 9.14. The van der Waals surface area contributed by atoms with Crippen molar-refractivity contribution in [3.05, 3.63) is 0 Å². The Morgan fingerprint density at radius 3 is 2.36 bits per heavy atom. The van der Waals surface area contributed by atoms with Crippen molar-refractivity contribution in [2.75, 3.05) is 19.7 Å². The lowest BCUT2D eigenvalue weighted by Gasteiger charge is -2.49. The van der Waals surface area contributed by atoms with Gasteiger partial charge >= 0.3 is 0 Å². The molecule has 0 saturated carbocycles. The minimum atomic E-state index is 0.359. The number of nitrogens with zero attached hydrogens (tertiary/aromatic N) is 1. The average Bonchev–Trinajstić information content (AvgIpc) is 2.06. The van der Waals surface area contributed by atoms with Gasteiger partial charge in [-0.1, -0.05) is 6.92 Å². The SMILES string of the molecule is CC1C2CCN(CC2)C1CO. The fraction of sp³-hybridized carbons (Fsp3) is 1.00. The van der Waals surface area contributed by atoms with E-state index in [0.717, 1.165) is 11.8 Å². The van der Waals surface area contributed by atoms with Crippen molar-refractivity contribution >= 4 is 0 Å². The van der Waals surface area contributed by atoms with Crippen LogP contribution in [-0.2, 0) is 0 Å². The number of rotatable bonds is 1. The summed E-state index contributed by atoms with van der Waals surface area (Å²) in [5, 5.41) is 9.14. The van der Waals surface area contributed by atoms with Crippen LogP contribution in [0.1, 0.15) is 19.8 Å². The third-order valence-electron chi connectivity index (χ3n) is 3.58. The van der Waals surface area contributed by atoms with Gasteiger partial charge in [0.05, 0.1) is 6.61 Å². The van der Waals surface area contributed by atoms with Crippen molar-refractivity contribution in [1.29, 1.82) is 0 Å². The first-order valence-electron chi connectivity index (χ1n) is 4.68. The van der Waals surface area contributed by atoms with Gasteiger partial charge in [0.1, 0.15) is 0 Å². The molecule has 0 radical (unpaired) electrons. The summed E-state index contributed by atoms with van der Waals surface area (Å²) in [5.74, 6) is 1.62. The molecular formula is C9H17NO. The molecule has 0 aromatic carbocycles. The van der Waals surface area contributed by atoms with Crippen LogP contribution in [0.2, 0.25) is 0 Å². The Kier molecular flexibility index (Phi) is 1.90. The summed E-state index contributed by atoms with van der Waals surface area (Å²) in [7, 11) is 0. The van der Waals surface area contributed by atoms with Gasteiger partial charge in [0, 0.05) is 6.04 Å². The number of hydrogen-bond acceptors (Lipinski definition) is 2. The van der Waals surface area contributed by atoms with E-state index in [1.807, 2.05) is 0 Å².